The minimum Gasteiger partial charge on any atom is -0.318 e. The lowest BCUT2D eigenvalue weighted by molar-refractivity contribution is 0.628. The van der Waals surface area contributed by atoms with Gasteiger partial charge >= 0.3 is 0 Å². The van der Waals surface area contributed by atoms with Crippen LogP contribution in [0.2, 0.25) is 0 Å². The molecule has 0 fully saturated rings. The standard InChI is InChI=1S/C19H16FIN2/c1-13-10-15(12-22-18-5-3-4-16(20)11-18)14(2)23(13)19-8-6-17(21)7-9-19/h3-12H,1-2H3. The normalized spacial score (nSPS) is 11.3. The van der Waals surface area contributed by atoms with Crippen molar-refractivity contribution in [1.29, 1.82) is 0 Å². The summed E-state index contributed by atoms with van der Waals surface area (Å²) in [5, 5.41) is 0. The average molecular weight is 418 g/mol. The predicted octanol–water partition coefficient (Wildman–Crippen LogP) is 5.59. The van der Waals surface area contributed by atoms with Gasteiger partial charge in [-0.15, -0.1) is 0 Å². The van der Waals surface area contributed by atoms with Gasteiger partial charge in [-0.1, -0.05) is 6.07 Å². The Labute approximate surface area is 148 Å². The highest BCUT2D eigenvalue weighted by Gasteiger charge is 2.09. The van der Waals surface area contributed by atoms with Crippen LogP contribution in [0.1, 0.15) is 17.0 Å². The van der Waals surface area contributed by atoms with Crippen LogP contribution in [0, 0.1) is 23.2 Å². The summed E-state index contributed by atoms with van der Waals surface area (Å²) in [6.07, 6.45) is 1.79. The molecule has 0 spiro atoms. The quantitative estimate of drug-likeness (QED) is 0.390. The van der Waals surface area contributed by atoms with Crippen LogP contribution < -0.4 is 0 Å². The number of aliphatic imine (C=N–C) groups is 1. The second-order valence-electron chi connectivity index (χ2n) is 5.38. The van der Waals surface area contributed by atoms with Crippen molar-refractivity contribution in [1.82, 2.24) is 4.57 Å². The summed E-state index contributed by atoms with van der Waals surface area (Å²) in [7, 11) is 0. The van der Waals surface area contributed by atoms with Crippen LogP contribution in [0.25, 0.3) is 5.69 Å². The third-order valence-corrected chi connectivity index (χ3v) is 4.44. The van der Waals surface area contributed by atoms with Crippen molar-refractivity contribution in [2.45, 2.75) is 13.8 Å². The Bertz CT molecular complexity index is 864. The largest absolute Gasteiger partial charge is 0.318 e. The molecule has 1 aromatic heterocycles. The molecule has 116 valence electrons. The van der Waals surface area contributed by atoms with Crippen LogP contribution in [0.5, 0.6) is 0 Å². The molecule has 0 aliphatic heterocycles. The van der Waals surface area contributed by atoms with Crippen molar-refractivity contribution >= 4 is 34.5 Å². The van der Waals surface area contributed by atoms with E-state index >= 15 is 0 Å². The van der Waals surface area contributed by atoms with E-state index in [1.807, 2.05) is 0 Å². The van der Waals surface area contributed by atoms with Gasteiger partial charge in [0, 0.05) is 32.4 Å². The molecular weight excluding hydrogens is 402 g/mol. The maximum Gasteiger partial charge on any atom is 0.125 e. The summed E-state index contributed by atoms with van der Waals surface area (Å²) in [4.78, 5) is 4.38. The molecule has 2 nitrogen and oxygen atoms in total. The Kier molecular flexibility index (Phi) is 4.61. The highest BCUT2D eigenvalue weighted by atomic mass is 127. The molecule has 3 aromatic rings. The van der Waals surface area contributed by atoms with Gasteiger partial charge in [-0.05, 0) is 85.0 Å². The lowest BCUT2D eigenvalue weighted by atomic mass is 10.2. The highest BCUT2D eigenvalue weighted by molar-refractivity contribution is 14.1. The molecule has 1 heterocycles. The molecule has 0 aliphatic carbocycles. The van der Waals surface area contributed by atoms with E-state index in [0.29, 0.717) is 5.69 Å². The predicted molar refractivity (Wildman–Crippen MR) is 102 cm³/mol. The zero-order chi connectivity index (χ0) is 16.4. The molecule has 4 heteroatoms. The number of aromatic nitrogens is 1. The Hall–Kier alpha value is -1.95. The molecule has 3 rings (SSSR count). The van der Waals surface area contributed by atoms with Gasteiger partial charge in [0.15, 0.2) is 0 Å². The van der Waals surface area contributed by atoms with Crippen molar-refractivity contribution in [3.05, 3.63) is 80.9 Å². The fourth-order valence-corrected chi connectivity index (χ4v) is 2.97. The first kappa shape index (κ1) is 15.9. The second kappa shape index (κ2) is 6.66. The van der Waals surface area contributed by atoms with Crippen LogP contribution in [0.4, 0.5) is 10.1 Å². The van der Waals surface area contributed by atoms with E-state index in [4.69, 9.17) is 0 Å². The lowest BCUT2D eigenvalue weighted by Crippen LogP contribution is -1.99. The first-order valence-electron chi connectivity index (χ1n) is 7.29. The molecule has 0 radical (unpaired) electrons. The minimum absolute atomic E-state index is 0.274. The van der Waals surface area contributed by atoms with Gasteiger partial charge in [0.1, 0.15) is 5.82 Å². The summed E-state index contributed by atoms with van der Waals surface area (Å²) in [6, 6.07) is 16.8. The van der Waals surface area contributed by atoms with Crippen molar-refractivity contribution in [2.75, 3.05) is 0 Å². The van der Waals surface area contributed by atoms with Gasteiger partial charge in [0.2, 0.25) is 0 Å². The second-order valence-corrected chi connectivity index (χ2v) is 6.62. The third kappa shape index (κ3) is 3.52. The summed E-state index contributed by atoms with van der Waals surface area (Å²) in [5.41, 5.74) is 5.04. The number of hydrogen-bond donors (Lipinski definition) is 0. The topological polar surface area (TPSA) is 17.3 Å². The summed E-state index contributed by atoms with van der Waals surface area (Å²) < 4.78 is 16.6. The van der Waals surface area contributed by atoms with E-state index in [2.05, 4.69) is 76.3 Å². The van der Waals surface area contributed by atoms with Crippen molar-refractivity contribution in [2.24, 2.45) is 4.99 Å². The molecule has 0 saturated carbocycles. The monoisotopic (exact) mass is 418 g/mol. The van der Waals surface area contributed by atoms with Crippen molar-refractivity contribution in [3.8, 4) is 5.69 Å². The number of benzene rings is 2. The van der Waals surface area contributed by atoms with Gasteiger partial charge in [-0.3, -0.25) is 4.99 Å². The average Bonchev–Trinajstić information content (AvgIpc) is 2.81. The Morgan fingerprint density at radius 2 is 1.78 bits per heavy atom. The zero-order valence-corrected chi connectivity index (χ0v) is 15.1. The van der Waals surface area contributed by atoms with E-state index in [1.165, 1.54) is 15.7 Å². The number of aryl methyl sites for hydroxylation is 1. The zero-order valence-electron chi connectivity index (χ0n) is 12.9. The van der Waals surface area contributed by atoms with Crippen molar-refractivity contribution in [3.63, 3.8) is 0 Å². The van der Waals surface area contributed by atoms with Gasteiger partial charge in [0.05, 0.1) is 5.69 Å². The molecular formula is C19H16FIN2. The van der Waals surface area contributed by atoms with Gasteiger partial charge in [0.25, 0.3) is 0 Å². The fourth-order valence-electron chi connectivity index (χ4n) is 2.61. The molecule has 0 amide bonds. The molecule has 0 bridgehead atoms. The van der Waals surface area contributed by atoms with Gasteiger partial charge in [-0.2, -0.15) is 0 Å². The fraction of sp³-hybridized carbons (Fsp3) is 0.105. The van der Waals surface area contributed by atoms with Gasteiger partial charge in [-0.25, -0.2) is 4.39 Å². The molecule has 0 N–H and O–H groups in total. The van der Waals surface area contributed by atoms with Crippen LogP contribution in [0.15, 0.2) is 59.6 Å². The summed E-state index contributed by atoms with van der Waals surface area (Å²) in [6.45, 7) is 4.14. The minimum atomic E-state index is -0.274. The Morgan fingerprint density at radius 1 is 1.04 bits per heavy atom. The molecule has 0 unspecified atom stereocenters. The maximum atomic E-state index is 13.2. The Balaban J connectivity index is 1.96. The third-order valence-electron chi connectivity index (χ3n) is 3.72. The SMILES string of the molecule is Cc1cc(C=Nc2cccc(F)c2)c(C)n1-c1ccc(I)cc1. The van der Waals surface area contributed by atoms with Crippen LogP contribution >= 0.6 is 22.6 Å². The highest BCUT2D eigenvalue weighted by Crippen LogP contribution is 2.21. The van der Waals surface area contributed by atoms with E-state index in [-0.39, 0.29) is 5.82 Å². The lowest BCUT2D eigenvalue weighted by Gasteiger charge is -2.09. The molecule has 0 aliphatic rings. The van der Waals surface area contributed by atoms with Gasteiger partial charge < -0.3 is 4.57 Å². The van der Waals surface area contributed by atoms with E-state index in [0.717, 1.165) is 22.6 Å². The summed E-state index contributed by atoms with van der Waals surface area (Å²) in [5.74, 6) is -0.274. The van der Waals surface area contributed by atoms with Crippen molar-refractivity contribution < 1.29 is 4.39 Å². The molecule has 2 aromatic carbocycles. The van der Waals surface area contributed by atoms with E-state index < -0.39 is 0 Å². The first-order valence-corrected chi connectivity index (χ1v) is 8.37. The molecule has 0 saturated heterocycles. The van der Waals surface area contributed by atoms with E-state index in [1.54, 1.807) is 18.3 Å². The number of nitrogens with zero attached hydrogens (tertiary/aromatic N) is 2. The van der Waals surface area contributed by atoms with Crippen LogP contribution in [0.3, 0.4) is 0 Å². The number of hydrogen-bond acceptors (Lipinski definition) is 1. The summed E-state index contributed by atoms with van der Waals surface area (Å²) >= 11 is 2.30. The van der Waals surface area contributed by atoms with Crippen LogP contribution in [-0.4, -0.2) is 10.8 Å². The number of halogens is 2. The molecule has 23 heavy (non-hydrogen) atoms. The van der Waals surface area contributed by atoms with E-state index in [9.17, 15) is 4.39 Å². The Morgan fingerprint density at radius 3 is 2.48 bits per heavy atom. The number of rotatable bonds is 3. The van der Waals surface area contributed by atoms with Crippen LogP contribution in [-0.2, 0) is 0 Å². The maximum absolute atomic E-state index is 13.2. The first-order chi connectivity index (χ1) is 11.0. The smallest absolute Gasteiger partial charge is 0.125 e. The molecule has 0 atom stereocenters.